The van der Waals surface area contributed by atoms with E-state index in [0.717, 1.165) is 128 Å². The molecule has 0 aliphatic rings. The van der Waals surface area contributed by atoms with Gasteiger partial charge in [0, 0.05) is 12.8 Å². The van der Waals surface area contributed by atoms with Gasteiger partial charge in [0.2, 0.25) is 0 Å². The SMILES string of the molecule is CC/C=C\C/C=C\C/C=C\C/C=C\C/C=C\C/C=C\C/C=C\C/C=C\C/C=C\CCCCCCCCCCCC(=O)OC(COC(=O)CCCCCCCCCCCCCCCCCCCCCCCCCCCC/C=C\C/C=C\C/C=C\C/C=C\CC)COP(=O)(O)OCC[N+](C)(C)C. The smallest absolute Gasteiger partial charge is 0.462 e. The second-order valence-electron chi connectivity index (χ2n) is 28.4. The second-order valence-corrected chi connectivity index (χ2v) is 29.8. The zero-order valence-corrected chi connectivity index (χ0v) is 66.3. The molecule has 0 aliphatic carbocycles. The molecule has 0 amide bonds. The molecular weight excluding hydrogens is 1250 g/mol. The lowest BCUT2D eigenvalue weighted by molar-refractivity contribution is -0.870. The molecule has 0 bridgehead atoms. The van der Waals surface area contributed by atoms with Crippen molar-refractivity contribution in [2.75, 3.05) is 47.5 Å². The summed E-state index contributed by atoms with van der Waals surface area (Å²) in [6.45, 7) is 4.22. The summed E-state index contributed by atoms with van der Waals surface area (Å²) in [5.41, 5.74) is 0. The molecule has 0 aromatic carbocycles. The highest BCUT2D eigenvalue weighted by atomic mass is 31.2. The van der Waals surface area contributed by atoms with Crippen LogP contribution in [0.15, 0.2) is 158 Å². The number of phosphoric acid groups is 1. The highest BCUT2D eigenvalue weighted by molar-refractivity contribution is 7.47. The Morgan fingerprint density at radius 1 is 0.310 bits per heavy atom. The number of likely N-dealkylation sites (N-methyl/N-ethyl adjacent to an activating group) is 1. The van der Waals surface area contributed by atoms with Crippen molar-refractivity contribution in [1.29, 1.82) is 0 Å². The first-order valence-electron chi connectivity index (χ1n) is 41.2. The Morgan fingerprint density at radius 2 is 0.540 bits per heavy atom. The first kappa shape index (κ1) is 95.6. The number of phosphoric ester groups is 1. The van der Waals surface area contributed by atoms with E-state index in [1.807, 2.05) is 21.1 Å². The first-order valence-corrected chi connectivity index (χ1v) is 42.7. The Bertz CT molecular complexity index is 2250. The topological polar surface area (TPSA) is 108 Å². The molecule has 572 valence electrons. The fourth-order valence-electron chi connectivity index (χ4n) is 11.4. The molecule has 0 heterocycles. The predicted octanol–water partition coefficient (Wildman–Crippen LogP) is 27.8. The van der Waals surface area contributed by atoms with E-state index in [-0.39, 0.29) is 32.0 Å². The lowest BCUT2D eigenvalue weighted by atomic mass is 10.0. The third-order valence-electron chi connectivity index (χ3n) is 17.6. The minimum atomic E-state index is -4.41. The van der Waals surface area contributed by atoms with Crippen LogP contribution >= 0.6 is 7.82 Å². The predicted molar refractivity (Wildman–Crippen MR) is 436 cm³/mol. The lowest BCUT2D eigenvalue weighted by Gasteiger charge is -2.24. The van der Waals surface area contributed by atoms with Gasteiger partial charge in [0.15, 0.2) is 6.10 Å². The van der Waals surface area contributed by atoms with Crippen molar-refractivity contribution in [3.05, 3.63) is 158 Å². The fraction of sp³-hybridized carbons (Fsp3) is 0.689. The maximum atomic E-state index is 12.9. The summed E-state index contributed by atoms with van der Waals surface area (Å²) in [4.78, 5) is 36.0. The molecule has 0 aliphatic heterocycles. The van der Waals surface area contributed by atoms with Gasteiger partial charge >= 0.3 is 19.8 Å². The van der Waals surface area contributed by atoms with Gasteiger partial charge in [-0.25, -0.2) is 4.57 Å². The molecule has 0 aromatic heterocycles. The number of hydrogen-bond acceptors (Lipinski definition) is 7. The van der Waals surface area contributed by atoms with Gasteiger partial charge in [0.05, 0.1) is 27.7 Å². The quantitative estimate of drug-likeness (QED) is 0.0211. The van der Waals surface area contributed by atoms with E-state index in [4.69, 9.17) is 18.5 Å². The van der Waals surface area contributed by atoms with E-state index in [0.29, 0.717) is 17.4 Å². The monoisotopic (exact) mass is 1410 g/mol. The lowest BCUT2D eigenvalue weighted by Crippen LogP contribution is -2.37. The Kier molecular flexibility index (Phi) is 75.3. The number of carbonyl (C=O) groups excluding carboxylic acids is 2. The summed E-state index contributed by atoms with van der Waals surface area (Å²) in [7, 11) is 1.47. The van der Waals surface area contributed by atoms with Crippen molar-refractivity contribution in [2.24, 2.45) is 0 Å². The van der Waals surface area contributed by atoms with Gasteiger partial charge in [-0.3, -0.25) is 18.6 Å². The van der Waals surface area contributed by atoms with E-state index in [2.05, 4.69) is 172 Å². The highest BCUT2D eigenvalue weighted by Crippen LogP contribution is 2.43. The molecule has 0 saturated carbocycles. The van der Waals surface area contributed by atoms with E-state index in [1.54, 1.807) is 0 Å². The Balaban J connectivity index is 3.98. The van der Waals surface area contributed by atoms with Gasteiger partial charge in [-0.2, -0.15) is 0 Å². The molecule has 2 atom stereocenters. The van der Waals surface area contributed by atoms with Crippen LogP contribution < -0.4 is 0 Å². The number of esters is 2. The molecule has 0 saturated heterocycles. The van der Waals surface area contributed by atoms with Crippen LogP contribution in [0.2, 0.25) is 0 Å². The van der Waals surface area contributed by atoms with Crippen LogP contribution in [0.4, 0.5) is 0 Å². The Hall–Kier alpha value is -4.37. The molecule has 0 fully saturated rings. The average molecular weight is 1410 g/mol. The number of hydrogen-bond donors (Lipinski definition) is 1. The molecule has 2 unspecified atom stereocenters. The van der Waals surface area contributed by atoms with E-state index in [9.17, 15) is 19.0 Å². The number of ether oxygens (including phenoxy) is 2. The first-order chi connectivity index (χ1) is 49.0. The molecule has 0 rings (SSSR count). The summed E-state index contributed by atoms with van der Waals surface area (Å²) in [6.07, 6.45) is 118. The van der Waals surface area contributed by atoms with E-state index in [1.165, 1.54) is 186 Å². The molecule has 9 nitrogen and oxygen atoms in total. The third kappa shape index (κ3) is 82.6. The van der Waals surface area contributed by atoms with Gasteiger partial charge < -0.3 is 18.9 Å². The fourth-order valence-corrected chi connectivity index (χ4v) is 12.1. The minimum absolute atomic E-state index is 0.0255. The molecule has 10 heteroatoms. The van der Waals surface area contributed by atoms with Crippen molar-refractivity contribution >= 4 is 19.8 Å². The molecule has 0 radical (unpaired) electrons. The van der Waals surface area contributed by atoms with Crippen LogP contribution in [0, 0.1) is 0 Å². The largest absolute Gasteiger partial charge is 0.472 e. The highest BCUT2D eigenvalue weighted by Gasteiger charge is 2.27. The summed E-state index contributed by atoms with van der Waals surface area (Å²) in [5, 5.41) is 0. The van der Waals surface area contributed by atoms with Crippen molar-refractivity contribution in [3.8, 4) is 0 Å². The minimum Gasteiger partial charge on any atom is -0.462 e. The molecule has 0 spiro atoms. The number of nitrogens with zero attached hydrogens (tertiary/aromatic N) is 1. The zero-order chi connectivity index (χ0) is 72.5. The van der Waals surface area contributed by atoms with Gasteiger partial charge in [-0.15, -0.1) is 0 Å². The van der Waals surface area contributed by atoms with Gasteiger partial charge in [-0.05, 0) is 122 Å². The van der Waals surface area contributed by atoms with E-state index < -0.39 is 26.5 Å². The molecule has 0 aromatic rings. The zero-order valence-electron chi connectivity index (χ0n) is 65.4. The van der Waals surface area contributed by atoms with Crippen molar-refractivity contribution in [3.63, 3.8) is 0 Å². The normalized spacial score (nSPS) is 13.9. The Labute approximate surface area is 617 Å². The third-order valence-corrected chi connectivity index (χ3v) is 18.5. The molecule has 100 heavy (non-hydrogen) atoms. The average Bonchev–Trinajstić information content (AvgIpc) is 1.02. The second kappa shape index (κ2) is 78.8. The molecular formula is C90H155NO8P+. The van der Waals surface area contributed by atoms with Crippen LogP contribution in [0.3, 0.4) is 0 Å². The van der Waals surface area contributed by atoms with Crippen molar-refractivity contribution in [1.82, 2.24) is 0 Å². The Morgan fingerprint density at radius 3 is 0.800 bits per heavy atom. The van der Waals surface area contributed by atoms with Gasteiger partial charge in [0.1, 0.15) is 19.8 Å². The summed E-state index contributed by atoms with van der Waals surface area (Å²) in [5.74, 6) is -0.799. The van der Waals surface area contributed by atoms with Gasteiger partial charge in [0.25, 0.3) is 0 Å². The summed E-state index contributed by atoms with van der Waals surface area (Å²) in [6, 6.07) is 0. The van der Waals surface area contributed by atoms with Crippen LogP contribution in [0.25, 0.3) is 0 Å². The van der Waals surface area contributed by atoms with E-state index >= 15 is 0 Å². The maximum absolute atomic E-state index is 12.9. The number of unbranched alkanes of at least 4 members (excludes halogenated alkanes) is 35. The number of quaternary nitrogens is 1. The van der Waals surface area contributed by atoms with Crippen LogP contribution in [-0.4, -0.2) is 74.9 Å². The summed E-state index contributed by atoms with van der Waals surface area (Å²) >= 11 is 0. The van der Waals surface area contributed by atoms with Crippen LogP contribution in [0.5, 0.6) is 0 Å². The van der Waals surface area contributed by atoms with Crippen LogP contribution in [0.1, 0.15) is 348 Å². The number of allylic oxidation sites excluding steroid dienone is 26. The number of rotatable bonds is 75. The van der Waals surface area contributed by atoms with Gasteiger partial charge in [-0.1, -0.05) is 371 Å². The standard InChI is InChI=1S/C90H154NO8P/c1-6-8-10-12-14-16-18-20-22-24-26-28-30-32-34-36-38-40-42-44-45-47-48-50-52-54-56-58-60-62-64-66-68-70-72-74-76-78-80-82-89(92)96-86-88(87-98-100(94,95)97-85-84-91(3,4)5)99-90(93)83-81-79-77-75-73-71-69-67-65-63-61-59-57-55-53-51-49-46-43-41-39-37-35-33-31-29-27-25-23-21-19-17-15-13-11-9-7-2/h8-11,14-17,20-23,26-29,33,35,39,41,46,49,53,55,59,61,88H,6-7,12-13,18-19,24-25,30-32,34,36-38,40,42-45,47-48,50-52,54,56-58,60,62-87H2,1-5H3/p+1/b10-8-,11-9-,16-14-,17-15-,22-20-,23-21-,28-26-,29-27-,35-33-,41-39-,49-46-,55-53-,61-59-. The number of carbonyl (C=O) groups is 2. The van der Waals surface area contributed by atoms with Crippen molar-refractivity contribution < 1.29 is 42.1 Å². The van der Waals surface area contributed by atoms with Crippen molar-refractivity contribution in [2.45, 2.75) is 354 Å². The van der Waals surface area contributed by atoms with Crippen LogP contribution in [-0.2, 0) is 32.7 Å². The molecule has 1 N–H and O–H groups in total. The maximum Gasteiger partial charge on any atom is 0.472 e. The summed E-state index contributed by atoms with van der Waals surface area (Å²) < 4.78 is 34.8.